The highest BCUT2D eigenvalue weighted by atomic mass is 32.2. The second kappa shape index (κ2) is 6.14. The zero-order valence-electron chi connectivity index (χ0n) is 10.1. The van der Waals surface area contributed by atoms with Crippen LogP contribution in [0.3, 0.4) is 0 Å². The number of rotatable bonds is 6. The first-order valence-corrected chi connectivity index (χ1v) is 6.63. The maximum atomic E-state index is 12.2. The fraction of sp³-hybridized carbons (Fsp3) is 0.182. The number of carboxylic acids is 1. The summed E-state index contributed by atoms with van der Waals surface area (Å²) in [5.74, 6) is 0.656. The Balaban J connectivity index is 3.26. The summed E-state index contributed by atoms with van der Waals surface area (Å²) in [6, 6.07) is 4.30. The Morgan fingerprint density at radius 2 is 2.15 bits per heavy atom. The third-order valence-corrected chi connectivity index (χ3v) is 4.03. The molecule has 0 saturated carbocycles. The van der Waals surface area contributed by atoms with Crippen LogP contribution in [-0.4, -0.2) is 41.8 Å². The molecule has 0 fully saturated rings. The maximum absolute atomic E-state index is 12.2. The van der Waals surface area contributed by atoms with E-state index in [0.29, 0.717) is 4.31 Å². The van der Waals surface area contributed by atoms with Crippen LogP contribution < -0.4 is 0 Å². The highest BCUT2D eigenvalue weighted by molar-refractivity contribution is 7.89. The number of hydrogen-bond donors (Lipinski definition) is 1. The lowest BCUT2D eigenvalue weighted by atomic mass is 10.3. The van der Waals surface area contributed by atoms with Crippen LogP contribution in [0, 0.1) is 22.5 Å². The summed E-state index contributed by atoms with van der Waals surface area (Å²) in [7, 11) is -4.21. The highest BCUT2D eigenvalue weighted by Gasteiger charge is 2.27. The Bertz CT molecular complexity index is 676. The number of nitro benzene ring substituents is 1. The van der Waals surface area contributed by atoms with Gasteiger partial charge in [0, 0.05) is 12.1 Å². The predicted molar refractivity (Wildman–Crippen MR) is 68.3 cm³/mol. The van der Waals surface area contributed by atoms with Gasteiger partial charge in [-0.15, -0.1) is 6.42 Å². The van der Waals surface area contributed by atoms with E-state index >= 15 is 0 Å². The van der Waals surface area contributed by atoms with Gasteiger partial charge in [0.25, 0.3) is 5.69 Å². The van der Waals surface area contributed by atoms with Crippen molar-refractivity contribution >= 4 is 21.7 Å². The fourth-order valence-corrected chi connectivity index (χ4v) is 2.73. The Labute approximate surface area is 114 Å². The number of nitrogens with zero attached hydrogens (tertiary/aromatic N) is 2. The molecule has 0 saturated heterocycles. The predicted octanol–water partition coefficient (Wildman–Crippen LogP) is 0.303. The molecule has 0 heterocycles. The standard InChI is InChI=1S/C11H10N2O6S/c1-2-6-12(8-11(14)15)20(18,19)10-5-3-4-9(7-10)13(16)17/h1,3-5,7H,6,8H2,(H,14,15). The lowest BCUT2D eigenvalue weighted by Gasteiger charge is -2.17. The molecule has 0 bridgehead atoms. The van der Waals surface area contributed by atoms with Crippen molar-refractivity contribution in [3.63, 3.8) is 0 Å². The summed E-state index contributed by atoms with van der Waals surface area (Å²) in [6.07, 6.45) is 5.00. The molecule has 1 rings (SSSR count). The maximum Gasteiger partial charge on any atom is 0.318 e. The Morgan fingerprint density at radius 1 is 1.50 bits per heavy atom. The topological polar surface area (TPSA) is 118 Å². The first kappa shape index (κ1) is 15.6. The Kier molecular flexibility index (Phi) is 4.79. The van der Waals surface area contributed by atoms with E-state index in [1.165, 1.54) is 6.07 Å². The molecule has 1 aromatic rings. The van der Waals surface area contributed by atoms with E-state index in [-0.39, 0.29) is 4.90 Å². The van der Waals surface area contributed by atoms with Crippen molar-refractivity contribution in [2.45, 2.75) is 4.90 Å². The average Bonchev–Trinajstić information content (AvgIpc) is 2.38. The lowest BCUT2D eigenvalue weighted by molar-refractivity contribution is -0.385. The monoisotopic (exact) mass is 298 g/mol. The van der Waals surface area contributed by atoms with E-state index in [2.05, 4.69) is 0 Å². The molecular formula is C11H10N2O6S. The average molecular weight is 298 g/mol. The molecule has 0 amide bonds. The van der Waals surface area contributed by atoms with Crippen LogP contribution >= 0.6 is 0 Å². The second-order valence-corrected chi connectivity index (χ2v) is 5.56. The van der Waals surface area contributed by atoms with Gasteiger partial charge in [-0.3, -0.25) is 14.9 Å². The minimum Gasteiger partial charge on any atom is -0.480 e. The van der Waals surface area contributed by atoms with Crippen LogP contribution in [0.15, 0.2) is 29.2 Å². The van der Waals surface area contributed by atoms with Crippen LogP contribution in [0.2, 0.25) is 0 Å². The summed E-state index contributed by atoms with van der Waals surface area (Å²) < 4.78 is 24.9. The molecule has 0 aliphatic rings. The zero-order chi connectivity index (χ0) is 15.3. The van der Waals surface area contributed by atoms with Crippen LogP contribution in [-0.2, 0) is 14.8 Å². The number of hydrogen-bond acceptors (Lipinski definition) is 5. The molecule has 1 N–H and O–H groups in total. The first-order valence-electron chi connectivity index (χ1n) is 5.19. The number of carboxylic acid groups (broad SMARTS) is 1. The molecule has 20 heavy (non-hydrogen) atoms. The number of benzene rings is 1. The minimum absolute atomic E-state index is 0.386. The van der Waals surface area contributed by atoms with Gasteiger partial charge in [-0.1, -0.05) is 12.0 Å². The summed E-state index contributed by atoms with van der Waals surface area (Å²) in [4.78, 5) is 20.1. The molecule has 0 aliphatic carbocycles. The van der Waals surface area contributed by atoms with E-state index < -0.39 is 39.7 Å². The third kappa shape index (κ3) is 3.53. The molecule has 0 spiro atoms. The minimum atomic E-state index is -4.21. The molecule has 0 aliphatic heterocycles. The van der Waals surface area contributed by atoms with Crippen molar-refractivity contribution in [2.75, 3.05) is 13.1 Å². The van der Waals surface area contributed by atoms with Crippen molar-refractivity contribution in [1.29, 1.82) is 0 Å². The second-order valence-electron chi connectivity index (χ2n) is 3.63. The largest absolute Gasteiger partial charge is 0.480 e. The van der Waals surface area contributed by atoms with Crippen molar-refractivity contribution in [3.05, 3.63) is 34.4 Å². The molecule has 9 heteroatoms. The normalized spacial score (nSPS) is 11.0. The fourth-order valence-electron chi connectivity index (χ4n) is 1.39. The molecule has 0 aromatic heterocycles. The molecule has 8 nitrogen and oxygen atoms in total. The lowest BCUT2D eigenvalue weighted by Crippen LogP contribution is -2.36. The quantitative estimate of drug-likeness (QED) is 0.458. The Hall–Kier alpha value is -2.44. The van der Waals surface area contributed by atoms with Gasteiger partial charge in [-0.25, -0.2) is 8.42 Å². The van der Waals surface area contributed by atoms with E-state index in [4.69, 9.17) is 11.5 Å². The van der Waals surface area contributed by atoms with Crippen LogP contribution in [0.25, 0.3) is 0 Å². The number of non-ortho nitro benzene ring substituents is 1. The molecular weight excluding hydrogens is 288 g/mol. The van der Waals surface area contributed by atoms with Gasteiger partial charge in [-0.2, -0.15) is 4.31 Å². The SMILES string of the molecule is C#CCN(CC(=O)O)S(=O)(=O)c1cccc([N+](=O)[O-])c1. The van der Waals surface area contributed by atoms with Crippen molar-refractivity contribution in [2.24, 2.45) is 0 Å². The number of terminal acetylenes is 1. The number of sulfonamides is 1. The van der Waals surface area contributed by atoms with Crippen molar-refractivity contribution in [1.82, 2.24) is 4.31 Å². The van der Waals surface area contributed by atoms with Gasteiger partial charge in [0.05, 0.1) is 16.4 Å². The molecule has 0 unspecified atom stereocenters. The zero-order valence-corrected chi connectivity index (χ0v) is 10.9. The van der Waals surface area contributed by atoms with Crippen molar-refractivity contribution < 1.29 is 23.2 Å². The summed E-state index contributed by atoms with van der Waals surface area (Å²) in [5.41, 5.74) is -0.415. The summed E-state index contributed by atoms with van der Waals surface area (Å²) in [6.45, 7) is -1.27. The summed E-state index contributed by atoms with van der Waals surface area (Å²) >= 11 is 0. The third-order valence-electron chi connectivity index (χ3n) is 2.25. The summed E-state index contributed by atoms with van der Waals surface area (Å²) in [5, 5.41) is 19.3. The molecule has 1 aromatic carbocycles. The van der Waals surface area contributed by atoms with Crippen LogP contribution in [0.5, 0.6) is 0 Å². The highest BCUT2D eigenvalue weighted by Crippen LogP contribution is 2.20. The molecule has 0 radical (unpaired) electrons. The van der Waals surface area contributed by atoms with Gasteiger partial charge < -0.3 is 5.11 Å². The number of carbonyl (C=O) groups is 1. The van der Waals surface area contributed by atoms with Gasteiger partial charge >= 0.3 is 5.97 Å². The van der Waals surface area contributed by atoms with Gasteiger partial charge in [0.15, 0.2) is 0 Å². The smallest absolute Gasteiger partial charge is 0.318 e. The molecule has 0 atom stereocenters. The molecule has 106 valence electrons. The van der Waals surface area contributed by atoms with Crippen LogP contribution in [0.1, 0.15) is 0 Å². The number of aliphatic carboxylic acids is 1. The van der Waals surface area contributed by atoms with E-state index in [9.17, 15) is 23.3 Å². The van der Waals surface area contributed by atoms with E-state index in [1.54, 1.807) is 0 Å². The Morgan fingerprint density at radius 3 is 2.65 bits per heavy atom. The van der Waals surface area contributed by atoms with Crippen LogP contribution in [0.4, 0.5) is 5.69 Å². The first-order chi connectivity index (χ1) is 9.28. The van der Waals surface area contributed by atoms with Gasteiger partial charge in [0.1, 0.15) is 6.54 Å². The van der Waals surface area contributed by atoms with Crippen molar-refractivity contribution in [3.8, 4) is 12.3 Å². The van der Waals surface area contributed by atoms with Gasteiger partial charge in [0.2, 0.25) is 10.0 Å². The van der Waals surface area contributed by atoms with Gasteiger partial charge in [-0.05, 0) is 6.07 Å². The number of nitro groups is 1. The van der Waals surface area contributed by atoms with E-state index in [1.807, 2.05) is 5.92 Å². The van der Waals surface area contributed by atoms with E-state index in [0.717, 1.165) is 18.2 Å².